The molecular weight excluding hydrogens is 248 g/mol. The number of nitrogens with two attached hydrogens (primary N) is 1. The van der Waals surface area contributed by atoms with Gasteiger partial charge in [-0.25, -0.2) is 0 Å². The molecule has 0 aromatic heterocycles. The van der Waals surface area contributed by atoms with E-state index >= 15 is 0 Å². The number of aliphatic hydroxyl groups is 1. The summed E-state index contributed by atoms with van der Waals surface area (Å²) in [4.78, 5) is 2.48. The molecule has 2 aliphatic carbocycles. The van der Waals surface area contributed by atoms with Gasteiger partial charge in [-0.1, -0.05) is 30.3 Å². The molecule has 3 heteroatoms. The molecule has 0 heterocycles. The van der Waals surface area contributed by atoms with E-state index in [1.54, 1.807) is 0 Å². The van der Waals surface area contributed by atoms with Crippen molar-refractivity contribution in [2.75, 3.05) is 13.1 Å². The molecule has 20 heavy (non-hydrogen) atoms. The van der Waals surface area contributed by atoms with Gasteiger partial charge in [-0.15, -0.1) is 0 Å². The Bertz CT molecular complexity index is 414. The van der Waals surface area contributed by atoms with Crippen LogP contribution in [-0.4, -0.2) is 41.3 Å². The predicted molar refractivity (Wildman–Crippen MR) is 81.4 cm³/mol. The van der Waals surface area contributed by atoms with Gasteiger partial charge in [0.1, 0.15) is 0 Å². The Kier molecular flexibility index (Phi) is 4.39. The van der Waals surface area contributed by atoms with Crippen LogP contribution in [0.1, 0.15) is 31.2 Å². The predicted octanol–water partition coefficient (Wildman–Crippen LogP) is 1.79. The van der Waals surface area contributed by atoms with Crippen molar-refractivity contribution in [2.45, 2.75) is 50.3 Å². The van der Waals surface area contributed by atoms with Crippen LogP contribution >= 0.6 is 0 Å². The summed E-state index contributed by atoms with van der Waals surface area (Å²) in [5.74, 6) is 0.883. The van der Waals surface area contributed by atoms with Gasteiger partial charge in [0, 0.05) is 25.2 Å². The van der Waals surface area contributed by atoms with E-state index in [1.165, 1.54) is 37.8 Å². The van der Waals surface area contributed by atoms with E-state index in [1.807, 2.05) is 18.2 Å². The van der Waals surface area contributed by atoms with E-state index < -0.39 is 6.10 Å². The SMILES string of the molecule is NC(Cc1ccccc1)C(O)CN(CC1CC1)C1CC1. The lowest BCUT2D eigenvalue weighted by Gasteiger charge is -2.28. The molecule has 0 aliphatic heterocycles. The largest absolute Gasteiger partial charge is 0.390 e. The fourth-order valence-corrected chi connectivity index (χ4v) is 2.84. The summed E-state index contributed by atoms with van der Waals surface area (Å²) in [6.45, 7) is 1.91. The molecule has 2 aliphatic rings. The van der Waals surface area contributed by atoms with Gasteiger partial charge in [-0.3, -0.25) is 4.90 Å². The first-order chi connectivity index (χ1) is 9.72. The van der Waals surface area contributed by atoms with Gasteiger partial charge < -0.3 is 10.8 Å². The third-order valence-corrected chi connectivity index (χ3v) is 4.48. The number of rotatable bonds is 8. The van der Waals surface area contributed by atoms with Crippen LogP contribution in [0.15, 0.2) is 30.3 Å². The number of aliphatic hydroxyl groups excluding tert-OH is 1. The minimum absolute atomic E-state index is 0.169. The molecule has 0 amide bonds. The highest BCUT2D eigenvalue weighted by atomic mass is 16.3. The summed E-state index contributed by atoms with van der Waals surface area (Å²) in [5.41, 5.74) is 7.40. The van der Waals surface area contributed by atoms with Crippen molar-refractivity contribution in [2.24, 2.45) is 11.7 Å². The smallest absolute Gasteiger partial charge is 0.0821 e. The molecule has 0 bridgehead atoms. The maximum absolute atomic E-state index is 10.4. The Labute approximate surface area is 121 Å². The first-order valence-corrected chi connectivity index (χ1v) is 7.94. The lowest BCUT2D eigenvalue weighted by atomic mass is 10.0. The number of hydrogen-bond donors (Lipinski definition) is 2. The Morgan fingerprint density at radius 3 is 2.45 bits per heavy atom. The van der Waals surface area contributed by atoms with Crippen LogP contribution in [0.2, 0.25) is 0 Å². The Hall–Kier alpha value is -0.900. The van der Waals surface area contributed by atoms with Crippen molar-refractivity contribution in [1.29, 1.82) is 0 Å². The summed E-state index contributed by atoms with van der Waals surface area (Å²) >= 11 is 0. The molecule has 110 valence electrons. The quantitative estimate of drug-likeness (QED) is 0.760. The molecule has 2 saturated carbocycles. The molecule has 2 atom stereocenters. The lowest BCUT2D eigenvalue weighted by molar-refractivity contribution is 0.0848. The number of nitrogens with zero attached hydrogens (tertiary/aromatic N) is 1. The normalized spacial score (nSPS) is 21.9. The zero-order valence-corrected chi connectivity index (χ0v) is 12.1. The topological polar surface area (TPSA) is 49.5 Å². The molecule has 1 aromatic rings. The first-order valence-electron chi connectivity index (χ1n) is 7.94. The average molecular weight is 274 g/mol. The molecule has 1 aromatic carbocycles. The van der Waals surface area contributed by atoms with Gasteiger partial charge in [-0.2, -0.15) is 0 Å². The highest BCUT2D eigenvalue weighted by Gasteiger charge is 2.35. The van der Waals surface area contributed by atoms with Crippen molar-refractivity contribution in [1.82, 2.24) is 4.90 Å². The van der Waals surface area contributed by atoms with E-state index in [0.717, 1.165) is 18.9 Å². The second-order valence-corrected chi connectivity index (χ2v) is 6.55. The van der Waals surface area contributed by atoms with Crippen LogP contribution in [-0.2, 0) is 6.42 Å². The second kappa shape index (κ2) is 6.25. The van der Waals surface area contributed by atoms with E-state index in [9.17, 15) is 5.11 Å². The lowest BCUT2D eigenvalue weighted by Crippen LogP contribution is -2.45. The molecule has 2 unspecified atom stereocenters. The minimum atomic E-state index is -0.422. The Balaban J connectivity index is 1.50. The molecule has 3 rings (SSSR count). The standard InChI is InChI=1S/C17H26N2O/c18-16(10-13-4-2-1-3-5-13)17(20)12-19(15-8-9-15)11-14-6-7-14/h1-5,14-17,20H,6-12,18H2. The maximum Gasteiger partial charge on any atom is 0.0821 e. The highest BCUT2D eigenvalue weighted by Crippen LogP contribution is 2.34. The first kappa shape index (κ1) is 14.1. The molecule has 0 saturated heterocycles. The minimum Gasteiger partial charge on any atom is -0.390 e. The van der Waals surface area contributed by atoms with Crippen molar-refractivity contribution in [3.63, 3.8) is 0 Å². The Morgan fingerprint density at radius 2 is 1.85 bits per heavy atom. The van der Waals surface area contributed by atoms with Crippen molar-refractivity contribution < 1.29 is 5.11 Å². The third-order valence-electron chi connectivity index (χ3n) is 4.48. The van der Waals surface area contributed by atoms with E-state index in [4.69, 9.17) is 5.73 Å². The van der Waals surface area contributed by atoms with Gasteiger partial charge >= 0.3 is 0 Å². The van der Waals surface area contributed by atoms with Crippen LogP contribution in [0.25, 0.3) is 0 Å². The van der Waals surface area contributed by atoms with Crippen LogP contribution in [0, 0.1) is 5.92 Å². The molecule has 3 nitrogen and oxygen atoms in total. The van der Waals surface area contributed by atoms with Gasteiger partial charge in [-0.05, 0) is 43.6 Å². The summed E-state index contributed by atoms with van der Waals surface area (Å²) in [6, 6.07) is 10.8. The van der Waals surface area contributed by atoms with Gasteiger partial charge in [0.2, 0.25) is 0 Å². The van der Waals surface area contributed by atoms with Crippen molar-refractivity contribution >= 4 is 0 Å². The van der Waals surface area contributed by atoms with Gasteiger partial charge in [0.15, 0.2) is 0 Å². The monoisotopic (exact) mass is 274 g/mol. The summed E-state index contributed by atoms with van der Waals surface area (Å²) in [5, 5.41) is 10.4. The molecule has 0 radical (unpaired) electrons. The van der Waals surface area contributed by atoms with E-state index in [-0.39, 0.29) is 6.04 Å². The highest BCUT2D eigenvalue weighted by molar-refractivity contribution is 5.16. The fraction of sp³-hybridized carbons (Fsp3) is 0.647. The van der Waals surface area contributed by atoms with Crippen molar-refractivity contribution in [3.8, 4) is 0 Å². The van der Waals surface area contributed by atoms with Gasteiger partial charge in [0.05, 0.1) is 6.10 Å². The molecule has 3 N–H and O–H groups in total. The van der Waals surface area contributed by atoms with E-state index in [0.29, 0.717) is 6.04 Å². The average Bonchev–Trinajstić information content (AvgIpc) is 3.32. The zero-order chi connectivity index (χ0) is 13.9. The summed E-state index contributed by atoms with van der Waals surface area (Å²) in [6.07, 6.45) is 5.67. The maximum atomic E-state index is 10.4. The molecule has 0 spiro atoms. The van der Waals surface area contributed by atoms with Crippen LogP contribution in [0.3, 0.4) is 0 Å². The summed E-state index contributed by atoms with van der Waals surface area (Å²) < 4.78 is 0. The fourth-order valence-electron chi connectivity index (χ4n) is 2.84. The summed E-state index contributed by atoms with van der Waals surface area (Å²) in [7, 11) is 0. The van der Waals surface area contributed by atoms with Crippen LogP contribution in [0.5, 0.6) is 0 Å². The Morgan fingerprint density at radius 1 is 1.15 bits per heavy atom. The third kappa shape index (κ3) is 4.05. The second-order valence-electron chi connectivity index (χ2n) is 6.55. The van der Waals surface area contributed by atoms with E-state index in [2.05, 4.69) is 17.0 Å². The molecule has 2 fully saturated rings. The van der Waals surface area contributed by atoms with Gasteiger partial charge in [0.25, 0.3) is 0 Å². The zero-order valence-electron chi connectivity index (χ0n) is 12.1. The van der Waals surface area contributed by atoms with Crippen LogP contribution < -0.4 is 5.73 Å². The van der Waals surface area contributed by atoms with Crippen molar-refractivity contribution in [3.05, 3.63) is 35.9 Å². The number of hydrogen-bond acceptors (Lipinski definition) is 3. The van der Waals surface area contributed by atoms with Crippen LogP contribution in [0.4, 0.5) is 0 Å². The molecular formula is C17H26N2O. The number of benzene rings is 1.